The molecule has 2 heterocycles. The number of pyridine rings is 1. The molecule has 0 radical (unpaired) electrons. The highest BCUT2D eigenvalue weighted by Gasteiger charge is 2.20. The van der Waals surface area contributed by atoms with Gasteiger partial charge in [0, 0.05) is 30.9 Å². The zero-order valence-corrected chi connectivity index (χ0v) is 13.5. The largest absolute Gasteiger partial charge is 0.386 e. The van der Waals surface area contributed by atoms with Gasteiger partial charge in [-0.25, -0.2) is 4.98 Å². The fourth-order valence-electron chi connectivity index (χ4n) is 3.08. The summed E-state index contributed by atoms with van der Waals surface area (Å²) in [6.07, 6.45) is 4.51. The number of nitrogens with one attached hydrogen (secondary N) is 1. The minimum atomic E-state index is 0.159. The van der Waals surface area contributed by atoms with Crippen LogP contribution in [0, 0.1) is 0 Å². The standard InChI is InChI=1S/C18H25N3/c1-18(2,3)13-7-8-14-15(11-13)17(20-12-16(14)19-4)21-9-5-6-10-21/h7-8,11-12,19H,5-6,9-10H2,1-4H3. The van der Waals surface area contributed by atoms with Crippen LogP contribution in [0.25, 0.3) is 10.8 Å². The van der Waals surface area contributed by atoms with E-state index in [1.807, 2.05) is 13.2 Å². The zero-order chi connectivity index (χ0) is 15.0. The summed E-state index contributed by atoms with van der Waals surface area (Å²) >= 11 is 0. The number of nitrogens with zero attached hydrogens (tertiary/aromatic N) is 2. The molecule has 0 atom stereocenters. The summed E-state index contributed by atoms with van der Waals surface area (Å²) in [7, 11) is 1.96. The van der Waals surface area contributed by atoms with Gasteiger partial charge in [0.25, 0.3) is 0 Å². The molecule has 0 amide bonds. The third kappa shape index (κ3) is 2.57. The van der Waals surface area contributed by atoms with E-state index in [0.29, 0.717) is 0 Å². The zero-order valence-electron chi connectivity index (χ0n) is 13.5. The van der Waals surface area contributed by atoms with Crippen molar-refractivity contribution in [1.29, 1.82) is 0 Å². The molecule has 0 aliphatic carbocycles. The van der Waals surface area contributed by atoms with E-state index in [0.717, 1.165) is 24.6 Å². The van der Waals surface area contributed by atoms with Crippen LogP contribution in [0.2, 0.25) is 0 Å². The number of fused-ring (bicyclic) bond motifs is 1. The third-order valence-electron chi connectivity index (χ3n) is 4.41. The second-order valence-electron chi connectivity index (χ2n) is 6.95. The van der Waals surface area contributed by atoms with Crippen molar-refractivity contribution >= 4 is 22.3 Å². The van der Waals surface area contributed by atoms with Gasteiger partial charge in [-0.3, -0.25) is 0 Å². The smallest absolute Gasteiger partial charge is 0.136 e. The Hall–Kier alpha value is -1.77. The highest BCUT2D eigenvalue weighted by atomic mass is 15.2. The van der Waals surface area contributed by atoms with E-state index in [1.54, 1.807) is 0 Å². The molecule has 1 aliphatic rings. The lowest BCUT2D eigenvalue weighted by Gasteiger charge is -2.23. The van der Waals surface area contributed by atoms with Crippen LogP contribution in [-0.2, 0) is 5.41 Å². The molecule has 112 valence electrons. The van der Waals surface area contributed by atoms with Gasteiger partial charge in [-0.2, -0.15) is 0 Å². The van der Waals surface area contributed by atoms with Crippen molar-refractivity contribution < 1.29 is 0 Å². The molecule has 0 bridgehead atoms. The fraction of sp³-hybridized carbons (Fsp3) is 0.500. The van der Waals surface area contributed by atoms with Crippen molar-refractivity contribution in [3.63, 3.8) is 0 Å². The summed E-state index contributed by atoms with van der Waals surface area (Å²) in [5.74, 6) is 1.15. The number of hydrogen-bond acceptors (Lipinski definition) is 3. The Labute approximate surface area is 127 Å². The normalized spacial score (nSPS) is 15.7. The van der Waals surface area contributed by atoms with Gasteiger partial charge in [-0.05, 0) is 29.9 Å². The van der Waals surface area contributed by atoms with Crippen molar-refractivity contribution in [2.24, 2.45) is 0 Å². The molecule has 0 unspecified atom stereocenters. The van der Waals surface area contributed by atoms with Gasteiger partial charge in [-0.1, -0.05) is 32.9 Å². The third-order valence-corrected chi connectivity index (χ3v) is 4.41. The molecule has 3 heteroatoms. The van der Waals surface area contributed by atoms with Gasteiger partial charge in [0.05, 0.1) is 11.9 Å². The molecule has 1 N–H and O–H groups in total. The maximum absolute atomic E-state index is 4.75. The molecule has 3 rings (SSSR count). The first-order chi connectivity index (χ1) is 10.0. The van der Waals surface area contributed by atoms with E-state index in [4.69, 9.17) is 4.98 Å². The fourth-order valence-corrected chi connectivity index (χ4v) is 3.08. The van der Waals surface area contributed by atoms with Gasteiger partial charge in [0.2, 0.25) is 0 Å². The van der Waals surface area contributed by atoms with Crippen molar-refractivity contribution in [1.82, 2.24) is 4.98 Å². The van der Waals surface area contributed by atoms with Gasteiger partial charge >= 0.3 is 0 Å². The first kappa shape index (κ1) is 14.2. The first-order valence-electron chi connectivity index (χ1n) is 7.86. The number of hydrogen-bond donors (Lipinski definition) is 1. The Bertz CT molecular complexity index is 649. The molecule has 1 aromatic carbocycles. The van der Waals surface area contributed by atoms with Crippen LogP contribution >= 0.6 is 0 Å². The van der Waals surface area contributed by atoms with E-state index in [-0.39, 0.29) is 5.41 Å². The second-order valence-corrected chi connectivity index (χ2v) is 6.95. The number of rotatable bonds is 2. The van der Waals surface area contributed by atoms with Crippen LogP contribution in [0.15, 0.2) is 24.4 Å². The van der Waals surface area contributed by atoms with Crippen molar-refractivity contribution in [3.05, 3.63) is 30.0 Å². The molecule has 1 saturated heterocycles. The topological polar surface area (TPSA) is 28.2 Å². The average Bonchev–Trinajstić information content (AvgIpc) is 2.98. The van der Waals surface area contributed by atoms with Gasteiger partial charge in [0.15, 0.2) is 0 Å². The van der Waals surface area contributed by atoms with E-state index >= 15 is 0 Å². The SMILES string of the molecule is CNc1cnc(N2CCCC2)c2cc(C(C)(C)C)ccc12. The average molecular weight is 283 g/mol. The van der Waals surface area contributed by atoms with E-state index in [1.165, 1.54) is 29.2 Å². The molecule has 1 aliphatic heterocycles. The van der Waals surface area contributed by atoms with Gasteiger partial charge in [-0.15, -0.1) is 0 Å². The van der Waals surface area contributed by atoms with Crippen molar-refractivity contribution in [2.45, 2.75) is 39.0 Å². The van der Waals surface area contributed by atoms with Crippen LogP contribution in [-0.4, -0.2) is 25.1 Å². The van der Waals surface area contributed by atoms with Crippen molar-refractivity contribution in [3.8, 4) is 0 Å². The lowest BCUT2D eigenvalue weighted by molar-refractivity contribution is 0.591. The first-order valence-corrected chi connectivity index (χ1v) is 7.86. The maximum atomic E-state index is 4.75. The monoisotopic (exact) mass is 283 g/mol. The number of aromatic nitrogens is 1. The molecular formula is C18H25N3. The van der Waals surface area contributed by atoms with Gasteiger partial charge in [0.1, 0.15) is 5.82 Å². The molecule has 1 aromatic heterocycles. The molecule has 3 nitrogen and oxygen atoms in total. The van der Waals surface area contributed by atoms with Crippen LogP contribution in [0.5, 0.6) is 0 Å². The minimum absolute atomic E-state index is 0.159. The highest BCUT2D eigenvalue weighted by molar-refractivity contribution is 6.00. The summed E-state index contributed by atoms with van der Waals surface area (Å²) in [4.78, 5) is 7.17. The maximum Gasteiger partial charge on any atom is 0.136 e. The van der Waals surface area contributed by atoms with Crippen LogP contribution in [0.3, 0.4) is 0 Å². The highest BCUT2D eigenvalue weighted by Crippen LogP contribution is 2.35. The van der Waals surface area contributed by atoms with E-state index in [9.17, 15) is 0 Å². The van der Waals surface area contributed by atoms with E-state index < -0.39 is 0 Å². The molecule has 2 aromatic rings. The molecular weight excluding hydrogens is 258 g/mol. The minimum Gasteiger partial charge on any atom is -0.386 e. The Kier molecular flexibility index (Phi) is 3.52. The lowest BCUT2D eigenvalue weighted by atomic mass is 9.86. The van der Waals surface area contributed by atoms with Crippen LogP contribution < -0.4 is 10.2 Å². The van der Waals surface area contributed by atoms with Crippen LogP contribution in [0.1, 0.15) is 39.2 Å². The summed E-state index contributed by atoms with van der Waals surface area (Å²) < 4.78 is 0. The Morgan fingerprint density at radius 1 is 1.10 bits per heavy atom. The second kappa shape index (κ2) is 5.21. The molecule has 0 saturated carbocycles. The number of benzene rings is 1. The summed E-state index contributed by atoms with van der Waals surface area (Å²) in [5.41, 5.74) is 2.63. The molecule has 1 fully saturated rings. The summed E-state index contributed by atoms with van der Waals surface area (Å²) in [6.45, 7) is 9.04. The van der Waals surface area contributed by atoms with E-state index in [2.05, 4.69) is 49.2 Å². The Morgan fingerprint density at radius 3 is 2.43 bits per heavy atom. The van der Waals surface area contributed by atoms with Crippen molar-refractivity contribution in [2.75, 3.05) is 30.4 Å². The number of anilines is 2. The Balaban J connectivity index is 2.22. The summed E-state index contributed by atoms with van der Waals surface area (Å²) in [5, 5.41) is 5.81. The molecule has 0 spiro atoms. The predicted molar refractivity (Wildman–Crippen MR) is 91.4 cm³/mol. The summed E-state index contributed by atoms with van der Waals surface area (Å²) in [6, 6.07) is 6.82. The Morgan fingerprint density at radius 2 is 1.81 bits per heavy atom. The quantitative estimate of drug-likeness (QED) is 0.896. The van der Waals surface area contributed by atoms with Crippen LogP contribution in [0.4, 0.5) is 11.5 Å². The predicted octanol–water partition coefficient (Wildman–Crippen LogP) is 4.17. The molecule has 21 heavy (non-hydrogen) atoms. The van der Waals surface area contributed by atoms with Gasteiger partial charge < -0.3 is 10.2 Å². The lowest BCUT2D eigenvalue weighted by Crippen LogP contribution is -2.19.